The zero-order valence-electron chi connectivity index (χ0n) is 14.5. The van der Waals surface area contributed by atoms with Crippen LogP contribution < -0.4 is 19.2 Å². The average Bonchev–Trinajstić information content (AvgIpc) is 3.11. The minimum atomic E-state index is -3.75. The van der Waals surface area contributed by atoms with Gasteiger partial charge in [-0.1, -0.05) is 6.07 Å². The second-order valence-electron chi connectivity index (χ2n) is 5.12. The molecule has 0 bridgehead atoms. The molecule has 0 unspecified atom stereocenters. The smallest absolute Gasteiger partial charge is 0.260 e. The van der Waals surface area contributed by atoms with Gasteiger partial charge in [-0.2, -0.15) is 5.10 Å². The van der Waals surface area contributed by atoms with Crippen molar-refractivity contribution < 1.29 is 22.7 Å². The van der Waals surface area contributed by atoms with Crippen molar-refractivity contribution in [2.45, 2.75) is 0 Å². The first kappa shape index (κ1) is 19.7. The molecule has 1 N–H and O–H groups in total. The number of benzene rings is 1. The van der Waals surface area contributed by atoms with Crippen molar-refractivity contribution in [2.75, 3.05) is 31.3 Å². The van der Waals surface area contributed by atoms with Gasteiger partial charge in [-0.25, -0.2) is 13.8 Å². The summed E-state index contributed by atoms with van der Waals surface area (Å²) in [5.41, 5.74) is 2.52. The van der Waals surface area contributed by atoms with Crippen molar-refractivity contribution in [1.29, 1.82) is 0 Å². The highest BCUT2D eigenvalue weighted by molar-refractivity contribution is 7.92. The van der Waals surface area contributed by atoms with Crippen LogP contribution in [0.25, 0.3) is 0 Å². The van der Waals surface area contributed by atoms with Gasteiger partial charge in [-0.3, -0.25) is 9.10 Å². The topological polar surface area (TPSA) is 97.3 Å². The van der Waals surface area contributed by atoms with E-state index in [0.29, 0.717) is 11.5 Å². The Bertz CT molecular complexity index is 879. The van der Waals surface area contributed by atoms with E-state index in [0.717, 1.165) is 15.4 Å². The number of carbonyl (C=O) groups is 1. The van der Waals surface area contributed by atoms with Gasteiger partial charge in [-0.05, 0) is 23.6 Å². The van der Waals surface area contributed by atoms with E-state index >= 15 is 0 Å². The zero-order valence-corrected chi connectivity index (χ0v) is 16.1. The molecular weight excluding hydrogens is 378 g/mol. The fourth-order valence-corrected chi connectivity index (χ4v) is 3.51. The average molecular weight is 397 g/mol. The van der Waals surface area contributed by atoms with Crippen LogP contribution in [0.15, 0.2) is 40.8 Å². The van der Waals surface area contributed by atoms with Gasteiger partial charge < -0.3 is 9.47 Å². The van der Waals surface area contributed by atoms with Gasteiger partial charge in [0, 0.05) is 10.9 Å². The number of ether oxygens (including phenoxy) is 2. The van der Waals surface area contributed by atoms with Crippen LogP contribution in [-0.4, -0.2) is 47.6 Å². The van der Waals surface area contributed by atoms with Crippen LogP contribution in [0.2, 0.25) is 0 Å². The number of nitrogens with zero attached hydrogens (tertiary/aromatic N) is 2. The summed E-state index contributed by atoms with van der Waals surface area (Å²) < 4.78 is 35.7. The van der Waals surface area contributed by atoms with Crippen LogP contribution in [0.1, 0.15) is 4.88 Å². The molecule has 0 aliphatic heterocycles. The summed E-state index contributed by atoms with van der Waals surface area (Å²) in [6.45, 7) is -0.454. The van der Waals surface area contributed by atoms with E-state index in [1.54, 1.807) is 12.1 Å². The van der Waals surface area contributed by atoms with Crippen LogP contribution >= 0.6 is 11.3 Å². The van der Waals surface area contributed by atoms with Gasteiger partial charge >= 0.3 is 0 Å². The largest absolute Gasteiger partial charge is 0.497 e. The lowest BCUT2D eigenvalue weighted by atomic mass is 10.2. The molecule has 1 aromatic heterocycles. The van der Waals surface area contributed by atoms with E-state index in [4.69, 9.17) is 9.47 Å². The van der Waals surface area contributed by atoms with Crippen molar-refractivity contribution in [1.82, 2.24) is 5.43 Å². The predicted octanol–water partition coefficient (Wildman–Crippen LogP) is 1.68. The third kappa shape index (κ3) is 5.20. The Morgan fingerprint density at radius 3 is 2.65 bits per heavy atom. The molecule has 1 heterocycles. The number of hydrogen-bond donors (Lipinski definition) is 1. The van der Waals surface area contributed by atoms with Crippen molar-refractivity contribution in [3.05, 3.63) is 40.6 Å². The molecule has 0 atom stereocenters. The minimum absolute atomic E-state index is 0.201. The summed E-state index contributed by atoms with van der Waals surface area (Å²) in [7, 11) is -0.877. The number of nitrogens with one attached hydrogen (secondary N) is 1. The standard InChI is InChI=1S/C16H19N3O5S2/c1-23-12-6-7-15(24-2)14(9-12)19(26(3,21)22)11-16(20)18-17-10-13-5-4-8-25-13/h4-10H,11H2,1-3H3,(H,18,20)/b17-10-. The van der Waals surface area contributed by atoms with Gasteiger partial charge in [-0.15, -0.1) is 11.3 Å². The molecule has 10 heteroatoms. The molecule has 2 aromatic rings. The summed E-state index contributed by atoms with van der Waals surface area (Å²) in [6.07, 6.45) is 2.49. The number of amides is 1. The lowest BCUT2D eigenvalue weighted by Crippen LogP contribution is -2.39. The van der Waals surface area contributed by atoms with Crippen LogP contribution in [0.4, 0.5) is 5.69 Å². The maximum Gasteiger partial charge on any atom is 0.260 e. The second-order valence-corrected chi connectivity index (χ2v) is 8.00. The fourth-order valence-electron chi connectivity index (χ4n) is 2.07. The quantitative estimate of drug-likeness (QED) is 0.540. The zero-order chi connectivity index (χ0) is 19.2. The molecule has 140 valence electrons. The summed E-state index contributed by atoms with van der Waals surface area (Å²) in [5.74, 6) is 0.143. The monoisotopic (exact) mass is 397 g/mol. The van der Waals surface area contributed by atoms with Crippen molar-refractivity contribution in [2.24, 2.45) is 5.10 Å². The van der Waals surface area contributed by atoms with Gasteiger partial charge in [0.25, 0.3) is 5.91 Å². The summed E-state index contributed by atoms with van der Waals surface area (Å²) in [4.78, 5) is 13.0. The Kier molecular flexibility index (Phi) is 6.58. The molecule has 0 saturated heterocycles. The molecule has 8 nitrogen and oxygen atoms in total. The highest BCUT2D eigenvalue weighted by atomic mass is 32.2. The lowest BCUT2D eigenvalue weighted by molar-refractivity contribution is -0.119. The Hall–Kier alpha value is -2.59. The van der Waals surface area contributed by atoms with Crippen LogP contribution in [0.5, 0.6) is 11.5 Å². The molecule has 0 saturated carbocycles. The van der Waals surface area contributed by atoms with E-state index in [2.05, 4.69) is 10.5 Å². The van der Waals surface area contributed by atoms with E-state index in [9.17, 15) is 13.2 Å². The minimum Gasteiger partial charge on any atom is -0.497 e. The summed E-state index contributed by atoms with van der Waals surface area (Å²) >= 11 is 1.46. The van der Waals surface area contributed by atoms with E-state index in [1.807, 2.05) is 17.5 Å². The first-order valence-corrected chi connectivity index (χ1v) is 10.1. The molecule has 1 amide bonds. The van der Waals surface area contributed by atoms with Gasteiger partial charge in [0.1, 0.15) is 18.0 Å². The van der Waals surface area contributed by atoms with Crippen molar-refractivity contribution >= 4 is 39.2 Å². The molecule has 1 aromatic carbocycles. The lowest BCUT2D eigenvalue weighted by Gasteiger charge is -2.23. The van der Waals surface area contributed by atoms with Gasteiger partial charge in [0.15, 0.2) is 0 Å². The fraction of sp³-hybridized carbons (Fsp3) is 0.250. The number of hydrogen-bond acceptors (Lipinski definition) is 7. The number of rotatable bonds is 8. The Morgan fingerprint density at radius 2 is 2.08 bits per heavy atom. The van der Waals surface area contributed by atoms with Crippen molar-refractivity contribution in [3.8, 4) is 11.5 Å². The van der Waals surface area contributed by atoms with Gasteiger partial charge in [0.05, 0.1) is 32.4 Å². The van der Waals surface area contributed by atoms with Gasteiger partial charge in [0.2, 0.25) is 10.0 Å². The maximum absolute atomic E-state index is 12.2. The Labute approximate surface area is 156 Å². The number of anilines is 1. The number of sulfonamides is 1. The summed E-state index contributed by atoms with van der Waals surface area (Å²) in [6, 6.07) is 8.38. The first-order chi connectivity index (χ1) is 12.3. The number of methoxy groups -OCH3 is 2. The van der Waals surface area contributed by atoms with Crippen molar-refractivity contribution in [3.63, 3.8) is 0 Å². The van der Waals surface area contributed by atoms with Crippen LogP contribution in [0.3, 0.4) is 0 Å². The highest BCUT2D eigenvalue weighted by Crippen LogP contribution is 2.33. The number of thiophene rings is 1. The molecule has 0 spiro atoms. The third-order valence-corrected chi connectivity index (χ3v) is 5.20. The third-order valence-electron chi connectivity index (χ3n) is 3.27. The normalized spacial score (nSPS) is 11.3. The molecule has 0 fully saturated rings. The molecule has 2 rings (SSSR count). The predicted molar refractivity (Wildman–Crippen MR) is 102 cm³/mol. The van der Waals surface area contributed by atoms with E-state index < -0.39 is 22.5 Å². The SMILES string of the molecule is COc1ccc(OC)c(N(CC(=O)N/N=C\c2cccs2)S(C)(=O)=O)c1. The maximum atomic E-state index is 12.2. The first-order valence-electron chi connectivity index (χ1n) is 7.40. The highest BCUT2D eigenvalue weighted by Gasteiger charge is 2.24. The Balaban J connectivity index is 2.22. The number of carbonyl (C=O) groups excluding carboxylic acids is 1. The van der Waals surface area contributed by atoms with E-state index in [-0.39, 0.29) is 5.69 Å². The molecule has 0 aliphatic carbocycles. The number of hydrazone groups is 1. The molecule has 0 aliphatic rings. The molecule has 26 heavy (non-hydrogen) atoms. The molecule has 0 radical (unpaired) electrons. The van der Waals surface area contributed by atoms with E-state index in [1.165, 1.54) is 37.8 Å². The summed E-state index contributed by atoms with van der Waals surface area (Å²) in [5, 5.41) is 5.71. The second kappa shape index (κ2) is 8.68. The Morgan fingerprint density at radius 1 is 1.31 bits per heavy atom. The van der Waals surface area contributed by atoms with Crippen LogP contribution in [0, 0.1) is 0 Å². The van der Waals surface area contributed by atoms with Crippen LogP contribution in [-0.2, 0) is 14.8 Å². The molecular formula is C16H19N3O5S2.